The van der Waals surface area contributed by atoms with Crippen LogP contribution in [0.25, 0.3) is 0 Å². The lowest BCUT2D eigenvalue weighted by Gasteiger charge is -2.67. The van der Waals surface area contributed by atoms with Gasteiger partial charge in [0.15, 0.2) is 23.6 Å². The van der Waals surface area contributed by atoms with Crippen molar-refractivity contribution in [2.24, 2.45) is 16.7 Å². The molecule has 4 aliphatic rings. The Bertz CT molecular complexity index is 2420. The molecule has 7 rings (SSSR count). The molecule has 2 saturated carbocycles. The normalized spacial score (nSPS) is 30.5. The monoisotopic (exact) mass is 909 g/mol. The van der Waals surface area contributed by atoms with Crippen molar-refractivity contribution in [1.82, 2.24) is 5.32 Å². The Kier molecular flexibility index (Phi) is 13.2. The van der Waals surface area contributed by atoms with E-state index in [2.05, 4.69) is 5.32 Å². The number of hydrogen-bond donors (Lipinski definition) is 3. The van der Waals surface area contributed by atoms with E-state index in [9.17, 15) is 39.0 Å². The average molecular weight is 910 g/mol. The van der Waals surface area contributed by atoms with Crippen LogP contribution in [0.4, 0.5) is 0 Å². The van der Waals surface area contributed by atoms with Gasteiger partial charge < -0.3 is 44.0 Å². The molecule has 3 fully saturated rings. The first-order chi connectivity index (χ1) is 31.2. The van der Waals surface area contributed by atoms with Crippen molar-refractivity contribution in [2.75, 3.05) is 6.61 Å². The minimum absolute atomic E-state index is 0.0112. The number of aliphatic hydroxyl groups excluding tert-OH is 1. The number of carbonyl (C=O) groups excluding carboxylic acids is 7. The van der Waals surface area contributed by atoms with Crippen LogP contribution in [0.1, 0.15) is 100 Å². The first-order valence-corrected chi connectivity index (χ1v) is 21.9. The molecule has 11 atom stereocenters. The molecule has 0 aromatic heterocycles. The van der Waals surface area contributed by atoms with Gasteiger partial charge >= 0.3 is 29.8 Å². The van der Waals surface area contributed by atoms with Gasteiger partial charge in [0.25, 0.3) is 5.91 Å². The highest BCUT2D eigenvalue weighted by atomic mass is 16.6. The van der Waals surface area contributed by atoms with Crippen molar-refractivity contribution in [2.45, 2.75) is 122 Å². The molecule has 0 unspecified atom stereocenters. The lowest BCUT2D eigenvalue weighted by atomic mass is 9.44. The third kappa shape index (κ3) is 8.19. The predicted molar refractivity (Wildman–Crippen MR) is 232 cm³/mol. The zero-order valence-corrected chi connectivity index (χ0v) is 37.8. The Labute approximate surface area is 381 Å². The lowest BCUT2D eigenvalue weighted by Crippen LogP contribution is -2.82. The average Bonchev–Trinajstić information content (AvgIpc) is 3.29. The number of hydrogen-bond acceptors (Lipinski definition) is 15. The third-order valence-corrected chi connectivity index (χ3v) is 14.0. The second-order valence-electron chi connectivity index (χ2n) is 18.2. The Morgan fingerprint density at radius 1 is 0.818 bits per heavy atom. The van der Waals surface area contributed by atoms with E-state index in [0.717, 1.165) is 13.8 Å². The number of benzene rings is 3. The molecule has 3 aliphatic carbocycles. The number of nitrogens with one attached hydrogen (secondary N) is 1. The summed E-state index contributed by atoms with van der Waals surface area (Å²) in [6, 6.07) is 22.9. The van der Waals surface area contributed by atoms with E-state index in [0.29, 0.717) is 5.56 Å². The van der Waals surface area contributed by atoms with E-state index in [-0.39, 0.29) is 41.7 Å². The first kappa shape index (κ1) is 47.7. The van der Waals surface area contributed by atoms with E-state index < -0.39 is 119 Å². The van der Waals surface area contributed by atoms with Crippen molar-refractivity contribution in [1.29, 1.82) is 0 Å². The van der Waals surface area contributed by atoms with Crippen molar-refractivity contribution < 1.29 is 72.2 Å². The van der Waals surface area contributed by atoms with Crippen LogP contribution in [-0.2, 0) is 52.4 Å². The summed E-state index contributed by atoms with van der Waals surface area (Å²) in [6.45, 7) is 9.57. The van der Waals surface area contributed by atoms with Crippen LogP contribution in [0, 0.1) is 16.7 Å². The van der Waals surface area contributed by atoms with Crippen molar-refractivity contribution in [3.8, 4) is 0 Å². The van der Waals surface area contributed by atoms with Crippen LogP contribution in [-0.4, -0.2) is 106 Å². The number of Topliss-reactive ketones (excluding diaryl/α,β-unsaturated/α-hetero) is 1. The number of esters is 5. The zero-order valence-electron chi connectivity index (χ0n) is 37.8. The van der Waals surface area contributed by atoms with E-state index in [1.165, 1.54) is 32.9 Å². The third-order valence-electron chi connectivity index (χ3n) is 14.0. The summed E-state index contributed by atoms with van der Waals surface area (Å²) in [4.78, 5) is 97.9. The minimum atomic E-state index is -2.43. The number of rotatable bonds is 12. The maximum absolute atomic E-state index is 15.9. The summed E-state index contributed by atoms with van der Waals surface area (Å²) in [5.74, 6) is -7.64. The zero-order chi connectivity index (χ0) is 47.9. The van der Waals surface area contributed by atoms with Crippen LogP contribution in [0.3, 0.4) is 0 Å². The second-order valence-corrected chi connectivity index (χ2v) is 18.2. The molecule has 0 radical (unpaired) electrons. The van der Waals surface area contributed by atoms with Crippen molar-refractivity contribution in [3.05, 3.63) is 119 Å². The molecule has 2 bridgehead atoms. The molecule has 3 N–H and O–H groups in total. The quantitative estimate of drug-likeness (QED) is 0.127. The number of ketones is 1. The van der Waals surface area contributed by atoms with Gasteiger partial charge in [0.2, 0.25) is 0 Å². The fourth-order valence-corrected chi connectivity index (χ4v) is 10.6. The molecule has 16 nitrogen and oxygen atoms in total. The highest BCUT2D eigenvalue weighted by molar-refractivity contribution is 5.96. The van der Waals surface area contributed by atoms with Gasteiger partial charge in [-0.1, -0.05) is 87.5 Å². The van der Waals surface area contributed by atoms with Crippen LogP contribution in [0.15, 0.2) is 102 Å². The molecule has 350 valence electrons. The summed E-state index contributed by atoms with van der Waals surface area (Å²) >= 11 is 0. The van der Waals surface area contributed by atoms with Crippen LogP contribution in [0.2, 0.25) is 0 Å². The Hall–Kier alpha value is -6.23. The fourth-order valence-electron chi connectivity index (χ4n) is 10.6. The Balaban J connectivity index is 1.43. The van der Waals surface area contributed by atoms with Crippen LogP contribution >= 0.6 is 0 Å². The van der Waals surface area contributed by atoms with Gasteiger partial charge in [-0.15, -0.1) is 0 Å². The molecule has 1 heterocycles. The largest absolute Gasteiger partial charge is 0.461 e. The summed E-state index contributed by atoms with van der Waals surface area (Å²) < 4.78 is 36.8. The highest BCUT2D eigenvalue weighted by Crippen LogP contribution is 2.65. The minimum Gasteiger partial charge on any atom is -0.461 e. The number of fused-ring (bicyclic) bond motifs is 5. The SMILES string of the molecule is CCC(=O)O[C@H]1C(=O)[C@]2(C)[C@@H](OC(C)=O)C[C@H]3OC[C@@]3(OC(C)=O)[C@H]2[C@H](OC(=O)c2ccccc2)[C@]2(O)C[C@H](OC(=O)[C@H](O)[C@@H](NC(=O)c3ccccc3)c3ccccc3)C(C)=C1C2(C)C. The van der Waals surface area contributed by atoms with Crippen LogP contribution < -0.4 is 5.32 Å². The lowest BCUT2D eigenvalue weighted by molar-refractivity contribution is -0.346. The van der Waals surface area contributed by atoms with E-state index in [1.54, 1.807) is 92.7 Å². The van der Waals surface area contributed by atoms with Gasteiger partial charge in [0, 0.05) is 44.1 Å². The number of amides is 1. The van der Waals surface area contributed by atoms with E-state index in [1.807, 2.05) is 0 Å². The van der Waals surface area contributed by atoms with Gasteiger partial charge in [-0.05, 0) is 54.8 Å². The van der Waals surface area contributed by atoms with Gasteiger partial charge in [-0.3, -0.25) is 24.0 Å². The summed E-state index contributed by atoms with van der Waals surface area (Å²) in [6.07, 6.45) is -10.7. The summed E-state index contributed by atoms with van der Waals surface area (Å²) in [5.41, 5.74) is -7.21. The van der Waals surface area contributed by atoms with Crippen molar-refractivity contribution in [3.63, 3.8) is 0 Å². The summed E-state index contributed by atoms with van der Waals surface area (Å²) in [5, 5.41) is 28.5. The number of carbonyl (C=O) groups is 7. The highest BCUT2D eigenvalue weighted by Gasteiger charge is 2.79. The smallest absolute Gasteiger partial charge is 0.338 e. The van der Waals surface area contributed by atoms with Gasteiger partial charge in [0.05, 0.1) is 29.5 Å². The molecular weight excluding hydrogens is 855 g/mol. The molecule has 3 aromatic rings. The Morgan fingerprint density at radius 2 is 1.41 bits per heavy atom. The van der Waals surface area contributed by atoms with Gasteiger partial charge in [0.1, 0.15) is 30.0 Å². The maximum Gasteiger partial charge on any atom is 0.338 e. The second kappa shape index (κ2) is 18.2. The molecule has 1 aliphatic heterocycles. The molecule has 16 heteroatoms. The number of ether oxygens (including phenoxy) is 6. The topological polar surface area (TPSA) is 227 Å². The first-order valence-electron chi connectivity index (χ1n) is 21.9. The van der Waals surface area contributed by atoms with E-state index >= 15 is 4.79 Å². The van der Waals surface area contributed by atoms with Gasteiger partial charge in [-0.25, -0.2) is 9.59 Å². The predicted octanol–water partition coefficient (Wildman–Crippen LogP) is 4.70. The number of aliphatic hydroxyl groups is 2. The standard InChI is InChI=1S/C50H55NO15/c1-8-36(54)64-40-37-27(2)33(63-46(59)39(55)38(30-18-12-9-13-19-30)51-44(57)31-20-14-10-15-21-31)25-50(60,47(37,5)6)43(65-45(58)32-22-16-11-17-23-32)41-48(7,42(40)56)34(62-28(3)52)24-35-49(41,26-61-35)66-29(4)53/h9-23,33-35,38-41,43,55,60H,8,24-26H2,1-7H3,(H,51,57)/t33-,34-,35+,38-,39+,40+,41-,43-,48+,49-,50+/m0/s1. The Morgan fingerprint density at radius 3 is 1.95 bits per heavy atom. The molecule has 1 amide bonds. The van der Waals surface area contributed by atoms with E-state index in [4.69, 9.17) is 28.4 Å². The molecule has 1 saturated heterocycles. The fraction of sp³-hybridized carbons (Fsp3) is 0.460. The van der Waals surface area contributed by atoms with Crippen LogP contribution in [0.5, 0.6) is 0 Å². The molecule has 66 heavy (non-hydrogen) atoms. The van der Waals surface area contributed by atoms with Gasteiger partial charge in [-0.2, -0.15) is 0 Å². The summed E-state index contributed by atoms with van der Waals surface area (Å²) in [7, 11) is 0. The molecule has 0 spiro atoms. The van der Waals surface area contributed by atoms with Crippen molar-refractivity contribution >= 4 is 41.5 Å². The molecule has 3 aromatic carbocycles. The molecular formula is C50H55NO15. The maximum atomic E-state index is 15.9.